The summed E-state index contributed by atoms with van der Waals surface area (Å²) in [6, 6.07) is 9.40. The number of benzene rings is 1. The van der Waals surface area contributed by atoms with Gasteiger partial charge in [0.25, 0.3) is 0 Å². The third-order valence-corrected chi connectivity index (χ3v) is 3.18. The Balaban J connectivity index is 2.57. The summed E-state index contributed by atoms with van der Waals surface area (Å²) in [6.07, 6.45) is 1.11. The van der Waals surface area contributed by atoms with Crippen LogP contribution in [0.4, 0.5) is 0 Å². The van der Waals surface area contributed by atoms with Gasteiger partial charge in [0.1, 0.15) is 0 Å². The summed E-state index contributed by atoms with van der Waals surface area (Å²) in [5, 5.41) is 3.49. The summed E-state index contributed by atoms with van der Waals surface area (Å²) in [5.41, 5.74) is 2.95. The number of rotatable bonds is 8. The monoisotopic (exact) mass is 262 g/mol. The van der Waals surface area contributed by atoms with Crippen molar-refractivity contribution in [2.24, 2.45) is 5.92 Å². The molecule has 0 aliphatic heterocycles. The molecule has 0 amide bonds. The molecule has 0 fully saturated rings. The van der Waals surface area contributed by atoms with Gasteiger partial charge in [-0.2, -0.15) is 0 Å². The zero-order valence-electron chi connectivity index (χ0n) is 13.2. The van der Waals surface area contributed by atoms with E-state index >= 15 is 0 Å². The van der Waals surface area contributed by atoms with Crippen LogP contribution in [-0.4, -0.2) is 31.1 Å². The van der Waals surface area contributed by atoms with Crippen molar-refractivity contribution >= 4 is 0 Å². The molecule has 0 saturated carbocycles. The Bertz CT molecular complexity index is 358. The Hall–Kier alpha value is -0.860. The molecule has 2 heteroatoms. The van der Waals surface area contributed by atoms with Gasteiger partial charge in [0.05, 0.1) is 0 Å². The van der Waals surface area contributed by atoms with Gasteiger partial charge < -0.3 is 10.2 Å². The summed E-state index contributed by atoms with van der Waals surface area (Å²) in [6.45, 7) is 12.2. The van der Waals surface area contributed by atoms with E-state index in [4.69, 9.17) is 0 Å². The van der Waals surface area contributed by atoms with Gasteiger partial charge in [0, 0.05) is 19.1 Å². The third kappa shape index (κ3) is 6.74. The van der Waals surface area contributed by atoms with Gasteiger partial charge in [-0.15, -0.1) is 0 Å². The van der Waals surface area contributed by atoms with Crippen molar-refractivity contribution in [1.29, 1.82) is 0 Å². The topological polar surface area (TPSA) is 15.3 Å². The van der Waals surface area contributed by atoms with E-state index in [1.807, 2.05) is 0 Å². The molecule has 0 aliphatic carbocycles. The molecular weight excluding hydrogens is 232 g/mol. The Morgan fingerprint density at radius 2 is 1.68 bits per heavy atom. The fraction of sp³-hybridized carbons (Fsp3) is 0.647. The maximum absolute atomic E-state index is 3.49. The first-order valence-electron chi connectivity index (χ1n) is 7.47. The lowest BCUT2D eigenvalue weighted by Crippen LogP contribution is -2.26. The molecule has 0 spiro atoms. The molecule has 0 atom stereocenters. The van der Waals surface area contributed by atoms with Crippen LogP contribution >= 0.6 is 0 Å². The molecule has 1 aromatic carbocycles. The van der Waals surface area contributed by atoms with E-state index < -0.39 is 0 Å². The highest BCUT2D eigenvalue weighted by Crippen LogP contribution is 2.12. The van der Waals surface area contributed by atoms with Crippen LogP contribution in [0.3, 0.4) is 0 Å². The summed E-state index contributed by atoms with van der Waals surface area (Å²) < 4.78 is 0. The Morgan fingerprint density at radius 1 is 1.05 bits per heavy atom. The molecule has 1 N–H and O–H groups in total. The molecule has 19 heavy (non-hydrogen) atoms. The molecule has 0 unspecified atom stereocenters. The first kappa shape index (κ1) is 16.2. The van der Waals surface area contributed by atoms with E-state index in [0.717, 1.165) is 32.0 Å². The van der Waals surface area contributed by atoms with Gasteiger partial charge in [-0.05, 0) is 37.1 Å². The van der Waals surface area contributed by atoms with Crippen molar-refractivity contribution in [2.45, 2.75) is 46.7 Å². The van der Waals surface area contributed by atoms with Crippen LogP contribution in [0.25, 0.3) is 0 Å². The third-order valence-electron chi connectivity index (χ3n) is 3.18. The van der Waals surface area contributed by atoms with Gasteiger partial charge in [0.15, 0.2) is 0 Å². The standard InChI is InChI=1S/C17H30N2/c1-14(2)12-19(5)13-17-9-7-6-8-16(17)10-11-18-15(3)4/h6-9,14-15,18H,10-13H2,1-5H3. The van der Waals surface area contributed by atoms with Gasteiger partial charge in [-0.1, -0.05) is 52.0 Å². The first-order chi connectivity index (χ1) is 8.99. The fourth-order valence-corrected chi connectivity index (χ4v) is 2.43. The molecule has 1 aromatic rings. The van der Waals surface area contributed by atoms with E-state index in [2.05, 4.69) is 69.2 Å². The SMILES string of the molecule is CC(C)CN(C)Cc1ccccc1CCNC(C)C. The van der Waals surface area contributed by atoms with Crippen molar-refractivity contribution < 1.29 is 0 Å². The van der Waals surface area contributed by atoms with E-state index in [1.165, 1.54) is 11.1 Å². The van der Waals surface area contributed by atoms with E-state index in [0.29, 0.717) is 6.04 Å². The molecule has 0 saturated heterocycles. The van der Waals surface area contributed by atoms with Crippen molar-refractivity contribution in [1.82, 2.24) is 10.2 Å². The minimum absolute atomic E-state index is 0.566. The van der Waals surface area contributed by atoms with Crippen LogP contribution in [0.1, 0.15) is 38.8 Å². The average Bonchev–Trinajstić information content (AvgIpc) is 2.29. The summed E-state index contributed by atoms with van der Waals surface area (Å²) >= 11 is 0. The van der Waals surface area contributed by atoms with Crippen LogP contribution in [0, 0.1) is 5.92 Å². The van der Waals surface area contributed by atoms with Crippen LogP contribution in [0.2, 0.25) is 0 Å². The zero-order chi connectivity index (χ0) is 14.3. The van der Waals surface area contributed by atoms with Crippen LogP contribution < -0.4 is 5.32 Å². The highest BCUT2D eigenvalue weighted by atomic mass is 15.1. The largest absolute Gasteiger partial charge is 0.314 e. The van der Waals surface area contributed by atoms with Crippen LogP contribution in [0.5, 0.6) is 0 Å². The highest BCUT2D eigenvalue weighted by Gasteiger charge is 2.07. The molecule has 1 rings (SSSR count). The Morgan fingerprint density at radius 3 is 2.26 bits per heavy atom. The van der Waals surface area contributed by atoms with Crippen LogP contribution in [0.15, 0.2) is 24.3 Å². The van der Waals surface area contributed by atoms with Crippen molar-refractivity contribution in [2.75, 3.05) is 20.1 Å². The zero-order valence-corrected chi connectivity index (χ0v) is 13.2. The molecule has 0 aromatic heterocycles. The predicted octanol–water partition coefficient (Wildman–Crippen LogP) is 3.31. The van der Waals surface area contributed by atoms with Crippen molar-refractivity contribution in [3.05, 3.63) is 35.4 Å². The molecule has 0 bridgehead atoms. The van der Waals surface area contributed by atoms with Gasteiger partial charge in [0.2, 0.25) is 0 Å². The maximum atomic E-state index is 3.49. The second-order valence-electron chi connectivity index (χ2n) is 6.22. The molecule has 108 valence electrons. The molecule has 0 aliphatic rings. The maximum Gasteiger partial charge on any atom is 0.0233 e. The average molecular weight is 262 g/mol. The molecular formula is C17H30N2. The smallest absolute Gasteiger partial charge is 0.0233 e. The summed E-state index contributed by atoms with van der Waals surface area (Å²) in [7, 11) is 2.21. The van der Waals surface area contributed by atoms with Crippen molar-refractivity contribution in [3.63, 3.8) is 0 Å². The fourth-order valence-electron chi connectivity index (χ4n) is 2.43. The minimum Gasteiger partial charge on any atom is -0.314 e. The van der Waals surface area contributed by atoms with Gasteiger partial charge in [-0.25, -0.2) is 0 Å². The second kappa shape index (κ2) is 8.34. The van der Waals surface area contributed by atoms with E-state index in [9.17, 15) is 0 Å². The number of hydrogen-bond donors (Lipinski definition) is 1. The molecule has 0 heterocycles. The number of hydrogen-bond acceptors (Lipinski definition) is 2. The lowest BCUT2D eigenvalue weighted by Gasteiger charge is -2.21. The summed E-state index contributed by atoms with van der Waals surface area (Å²) in [4.78, 5) is 2.42. The minimum atomic E-state index is 0.566. The second-order valence-corrected chi connectivity index (χ2v) is 6.22. The van der Waals surface area contributed by atoms with E-state index in [1.54, 1.807) is 0 Å². The van der Waals surface area contributed by atoms with Gasteiger partial charge in [-0.3, -0.25) is 0 Å². The van der Waals surface area contributed by atoms with Gasteiger partial charge >= 0.3 is 0 Å². The van der Waals surface area contributed by atoms with Crippen molar-refractivity contribution in [3.8, 4) is 0 Å². The normalized spacial score (nSPS) is 11.8. The molecule has 0 radical (unpaired) electrons. The highest BCUT2D eigenvalue weighted by molar-refractivity contribution is 5.27. The number of nitrogens with zero attached hydrogens (tertiary/aromatic N) is 1. The van der Waals surface area contributed by atoms with E-state index in [-0.39, 0.29) is 0 Å². The quantitative estimate of drug-likeness (QED) is 0.773. The lowest BCUT2D eigenvalue weighted by atomic mass is 10.0. The Kier molecular flexibility index (Phi) is 7.11. The first-order valence-corrected chi connectivity index (χ1v) is 7.47. The Labute approximate surface area is 119 Å². The molecule has 2 nitrogen and oxygen atoms in total. The lowest BCUT2D eigenvalue weighted by molar-refractivity contribution is 0.287. The number of nitrogens with one attached hydrogen (secondary N) is 1. The van der Waals surface area contributed by atoms with Crippen LogP contribution in [-0.2, 0) is 13.0 Å². The summed E-state index contributed by atoms with van der Waals surface area (Å²) in [5.74, 6) is 0.722. The predicted molar refractivity (Wildman–Crippen MR) is 84.5 cm³/mol.